The molecule has 0 aliphatic rings. The van der Waals surface area contributed by atoms with Crippen LogP contribution in [0.2, 0.25) is 0 Å². The van der Waals surface area contributed by atoms with Gasteiger partial charge in [-0.2, -0.15) is 0 Å². The first-order valence-corrected chi connectivity index (χ1v) is 8.58. The number of ether oxygens (including phenoxy) is 1. The number of anilines is 2. The second-order valence-electron chi connectivity index (χ2n) is 5.88. The molecule has 0 fully saturated rings. The second kappa shape index (κ2) is 9.56. The number of carbonyl (C=O) groups is 2. The zero-order chi connectivity index (χ0) is 18.9. The number of hydrogen-bond acceptors (Lipinski definition) is 3. The van der Waals surface area contributed by atoms with Crippen LogP contribution >= 0.6 is 0 Å². The second-order valence-corrected chi connectivity index (χ2v) is 5.88. The molecule has 26 heavy (non-hydrogen) atoms. The molecule has 0 radical (unpaired) electrons. The summed E-state index contributed by atoms with van der Waals surface area (Å²) >= 11 is 0. The minimum atomic E-state index is -0.488. The summed E-state index contributed by atoms with van der Waals surface area (Å²) in [7, 11) is 1.48. The van der Waals surface area contributed by atoms with Gasteiger partial charge in [-0.1, -0.05) is 25.8 Å². The number of methoxy groups -OCH3 is 1. The average molecular weight is 358 g/mol. The molecule has 0 aliphatic heterocycles. The predicted octanol–water partition coefficient (Wildman–Crippen LogP) is 4.61. The number of hydrogen-bond donors (Lipinski definition) is 2. The molecule has 0 saturated heterocycles. The molecule has 2 N–H and O–H groups in total. The summed E-state index contributed by atoms with van der Waals surface area (Å²) in [5.41, 5.74) is 1.15. The highest BCUT2D eigenvalue weighted by atomic mass is 19.1. The molecule has 0 spiro atoms. The standard InChI is InChI=1S/C20H23FN2O3/c1-3-4-5-9-19(24)22-16-10-11-18(26-2)17(13-16)23-20(25)14-7-6-8-15(21)12-14/h6-8,10-13H,3-5,9H2,1-2H3,(H,22,24)(H,23,25). The molecule has 0 heterocycles. The van der Waals surface area contributed by atoms with Crippen LogP contribution in [0.1, 0.15) is 43.0 Å². The quantitative estimate of drug-likeness (QED) is 0.678. The van der Waals surface area contributed by atoms with Gasteiger partial charge in [0, 0.05) is 17.7 Å². The minimum Gasteiger partial charge on any atom is -0.495 e. The third-order valence-electron chi connectivity index (χ3n) is 3.83. The fourth-order valence-electron chi connectivity index (χ4n) is 2.47. The van der Waals surface area contributed by atoms with Gasteiger partial charge in [-0.15, -0.1) is 0 Å². The SMILES string of the molecule is CCCCCC(=O)Nc1ccc(OC)c(NC(=O)c2cccc(F)c2)c1. The molecule has 2 amide bonds. The molecule has 2 aromatic carbocycles. The van der Waals surface area contributed by atoms with E-state index in [4.69, 9.17) is 4.74 Å². The fourth-order valence-corrected chi connectivity index (χ4v) is 2.47. The van der Waals surface area contributed by atoms with Gasteiger partial charge in [0.25, 0.3) is 5.91 Å². The van der Waals surface area contributed by atoms with Crippen molar-refractivity contribution in [2.45, 2.75) is 32.6 Å². The maximum absolute atomic E-state index is 13.3. The number of amides is 2. The van der Waals surface area contributed by atoms with Gasteiger partial charge in [0.2, 0.25) is 5.91 Å². The van der Waals surface area contributed by atoms with Crippen LogP contribution in [0.25, 0.3) is 0 Å². The van der Waals surface area contributed by atoms with Gasteiger partial charge >= 0.3 is 0 Å². The molecule has 2 rings (SSSR count). The van der Waals surface area contributed by atoms with Crippen LogP contribution in [0.4, 0.5) is 15.8 Å². The van der Waals surface area contributed by atoms with Crippen molar-refractivity contribution < 1.29 is 18.7 Å². The fraction of sp³-hybridized carbons (Fsp3) is 0.300. The van der Waals surface area contributed by atoms with Crippen LogP contribution in [0.15, 0.2) is 42.5 Å². The van der Waals surface area contributed by atoms with E-state index < -0.39 is 11.7 Å². The number of carbonyl (C=O) groups excluding carboxylic acids is 2. The number of rotatable bonds is 8. The van der Waals surface area contributed by atoms with E-state index in [9.17, 15) is 14.0 Å². The van der Waals surface area contributed by atoms with Crippen LogP contribution in [-0.2, 0) is 4.79 Å². The molecule has 138 valence electrons. The Morgan fingerprint density at radius 2 is 1.88 bits per heavy atom. The molecule has 0 atom stereocenters. The lowest BCUT2D eigenvalue weighted by Gasteiger charge is -2.13. The number of benzene rings is 2. The molecule has 6 heteroatoms. The lowest BCUT2D eigenvalue weighted by atomic mass is 10.2. The van der Waals surface area contributed by atoms with E-state index in [0.717, 1.165) is 25.3 Å². The normalized spacial score (nSPS) is 10.3. The van der Waals surface area contributed by atoms with Gasteiger partial charge in [-0.25, -0.2) is 4.39 Å². The van der Waals surface area contributed by atoms with Gasteiger partial charge in [-0.3, -0.25) is 9.59 Å². The summed E-state index contributed by atoms with van der Waals surface area (Å²) in [6.45, 7) is 2.08. The summed E-state index contributed by atoms with van der Waals surface area (Å²) in [6, 6.07) is 10.4. The van der Waals surface area contributed by atoms with Crippen molar-refractivity contribution in [3.05, 3.63) is 53.8 Å². The largest absolute Gasteiger partial charge is 0.495 e. The number of nitrogens with one attached hydrogen (secondary N) is 2. The van der Waals surface area contributed by atoms with Crippen molar-refractivity contribution in [3.8, 4) is 5.75 Å². The lowest BCUT2D eigenvalue weighted by Crippen LogP contribution is -2.14. The van der Waals surface area contributed by atoms with Crippen molar-refractivity contribution in [3.63, 3.8) is 0 Å². The molecule has 2 aromatic rings. The zero-order valence-electron chi connectivity index (χ0n) is 15.0. The summed E-state index contributed by atoms with van der Waals surface area (Å²) in [5, 5.41) is 5.50. The van der Waals surface area contributed by atoms with Gasteiger partial charge in [0.1, 0.15) is 11.6 Å². The Hall–Kier alpha value is -2.89. The molecular weight excluding hydrogens is 335 g/mol. The van der Waals surface area contributed by atoms with Gasteiger partial charge in [0.15, 0.2) is 0 Å². The summed E-state index contributed by atoms with van der Waals surface area (Å²) in [5.74, 6) is -0.586. The molecule has 0 aromatic heterocycles. The maximum atomic E-state index is 13.3. The van der Waals surface area contributed by atoms with Crippen molar-refractivity contribution in [2.75, 3.05) is 17.7 Å². The monoisotopic (exact) mass is 358 g/mol. The smallest absolute Gasteiger partial charge is 0.255 e. The first-order valence-electron chi connectivity index (χ1n) is 8.58. The van der Waals surface area contributed by atoms with E-state index >= 15 is 0 Å². The van der Waals surface area contributed by atoms with Crippen molar-refractivity contribution in [2.24, 2.45) is 0 Å². The molecular formula is C20H23FN2O3. The Labute approximate surface area is 152 Å². The lowest BCUT2D eigenvalue weighted by molar-refractivity contribution is -0.116. The maximum Gasteiger partial charge on any atom is 0.255 e. The Balaban J connectivity index is 2.11. The van der Waals surface area contributed by atoms with E-state index in [2.05, 4.69) is 17.6 Å². The Morgan fingerprint density at radius 1 is 1.08 bits per heavy atom. The van der Waals surface area contributed by atoms with Gasteiger partial charge < -0.3 is 15.4 Å². The Kier molecular flexibility index (Phi) is 7.14. The molecule has 0 unspecified atom stereocenters. The zero-order valence-corrected chi connectivity index (χ0v) is 15.0. The highest BCUT2D eigenvalue weighted by molar-refractivity contribution is 6.05. The molecule has 5 nitrogen and oxygen atoms in total. The first-order chi connectivity index (χ1) is 12.5. The predicted molar refractivity (Wildman–Crippen MR) is 100 cm³/mol. The van der Waals surface area contributed by atoms with Crippen LogP contribution in [0, 0.1) is 5.82 Å². The topological polar surface area (TPSA) is 67.4 Å². The first kappa shape index (κ1) is 19.4. The van der Waals surface area contributed by atoms with E-state index in [0.29, 0.717) is 23.5 Å². The van der Waals surface area contributed by atoms with E-state index in [-0.39, 0.29) is 11.5 Å². The van der Waals surface area contributed by atoms with E-state index in [1.54, 1.807) is 18.2 Å². The molecule has 0 bridgehead atoms. The summed E-state index contributed by atoms with van der Waals surface area (Å²) in [6.07, 6.45) is 3.34. The van der Waals surface area contributed by atoms with Crippen LogP contribution in [-0.4, -0.2) is 18.9 Å². The van der Waals surface area contributed by atoms with Crippen molar-refractivity contribution >= 4 is 23.2 Å². The van der Waals surface area contributed by atoms with Crippen molar-refractivity contribution in [1.82, 2.24) is 0 Å². The van der Waals surface area contributed by atoms with Crippen LogP contribution < -0.4 is 15.4 Å². The third-order valence-corrected chi connectivity index (χ3v) is 3.83. The van der Waals surface area contributed by atoms with Crippen LogP contribution in [0.5, 0.6) is 5.75 Å². The van der Waals surface area contributed by atoms with Crippen LogP contribution in [0.3, 0.4) is 0 Å². The Morgan fingerprint density at radius 3 is 2.58 bits per heavy atom. The molecule has 0 saturated carbocycles. The van der Waals surface area contributed by atoms with E-state index in [1.807, 2.05) is 0 Å². The summed E-state index contributed by atoms with van der Waals surface area (Å²) < 4.78 is 18.5. The third kappa shape index (κ3) is 5.58. The van der Waals surface area contributed by atoms with Gasteiger partial charge in [0.05, 0.1) is 12.8 Å². The highest BCUT2D eigenvalue weighted by Gasteiger charge is 2.12. The minimum absolute atomic E-state index is 0.0778. The van der Waals surface area contributed by atoms with E-state index in [1.165, 1.54) is 25.3 Å². The summed E-state index contributed by atoms with van der Waals surface area (Å²) in [4.78, 5) is 24.3. The highest BCUT2D eigenvalue weighted by Crippen LogP contribution is 2.28. The Bertz CT molecular complexity index is 777. The average Bonchev–Trinajstić information content (AvgIpc) is 2.62. The number of unbranched alkanes of at least 4 members (excludes halogenated alkanes) is 2. The molecule has 0 aliphatic carbocycles. The van der Waals surface area contributed by atoms with Crippen molar-refractivity contribution in [1.29, 1.82) is 0 Å². The van der Waals surface area contributed by atoms with Gasteiger partial charge in [-0.05, 0) is 42.8 Å². The number of halogens is 1.